The third-order valence-electron chi connectivity index (χ3n) is 3.79. The molecule has 0 fully saturated rings. The normalized spacial score (nSPS) is 11.1. The lowest BCUT2D eigenvalue weighted by molar-refractivity contribution is 0.751. The van der Waals surface area contributed by atoms with E-state index in [1.807, 2.05) is 55.5 Å². The molecule has 25 heavy (non-hydrogen) atoms. The van der Waals surface area contributed by atoms with Gasteiger partial charge in [0.1, 0.15) is 11.6 Å². The standard InChI is InChI=1S/C17H15N7S/c1-11-6-2-5-9-14(11)24-17(21-22-23-24)25-10-15-19-13-8-4-3-7-12(13)16(18)20-15/h2-9H,10H2,1H3,(H2,18,19,20). The van der Waals surface area contributed by atoms with Gasteiger partial charge >= 0.3 is 0 Å². The Kier molecular flexibility index (Phi) is 4.02. The molecule has 4 aromatic rings. The highest BCUT2D eigenvalue weighted by Crippen LogP contribution is 2.24. The number of benzene rings is 2. The number of hydrogen-bond acceptors (Lipinski definition) is 7. The summed E-state index contributed by atoms with van der Waals surface area (Å²) in [5.74, 6) is 1.67. The molecule has 124 valence electrons. The van der Waals surface area contributed by atoms with Gasteiger partial charge < -0.3 is 5.73 Å². The van der Waals surface area contributed by atoms with Crippen LogP contribution in [0.25, 0.3) is 16.6 Å². The molecule has 0 amide bonds. The number of tetrazole rings is 1. The lowest BCUT2D eigenvalue weighted by Crippen LogP contribution is -2.03. The Morgan fingerprint density at radius 2 is 1.84 bits per heavy atom. The van der Waals surface area contributed by atoms with Gasteiger partial charge in [0, 0.05) is 5.39 Å². The molecule has 4 rings (SSSR count). The summed E-state index contributed by atoms with van der Waals surface area (Å²) >= 11 is 1.47. The number of nitrogens with zero attached hydrogens (tertiary/aromatic N) is 6. The SMILES string of the molecule is Cc1ccccc1-n1nnnc1SCc1nc(N)c2ccccc2n1. The smallest absolute Gasteiger partial charge is 0.214 e. The van der Waals surface area contributed by atoms with Crippen molar-refractivity contribution in [2.75, 3.05) is 5.73 Å². The molecule has 0 atom stereocenters. The fraction of sp³-hybridized carbons (Fsp3) is 0.118. The molecule has 0 saturated carbocycles. The molecule has 0 saturated heterocycles. The Morgan fingerprint density at radius 3 is 2.72 bits per heavy atom. The monoisotopic (exact) mass is 349 g/mol. The average molecular weight is 349 g/mol. The number of hydrogen-bond donors (Lipinski definition) is 1. The fourth-order valence-corrected chi connectivity index (χ4v) is 3.30. The van der Waals surface area contributed by atoms with Crippen molar-refractivity contribution in [3.63, 3.8) is 0 Å². The van der Waals surface area contributed by atoms with Gasteiger partial charge in [0.25, 0.3) is 0 Å². The van der Waals surface area contributed by atoms with Crippen molar-refractivity contribution in [2.45, 2.75) is 17.8 Å². The van der Waals surface area contributed by atoms with Gasteiger partial charge in [-0.25, -0.2) is 9.97 Å². The van der Waals surface area contributed by atoms with Gasteiger partial charge in [-0.1, -0.05) is 42.1 Å². The van der Waals surface area contributed by atoms with Crippen molar-refractivity contribution < 1.29 is 0 Å². The third kappa shape index (κ3) is 3.03. The molecule has 0 radical (unpaired) electrons. The van der Waals surface area contributed by atoms with Crippen molar-refractivity contribution in [3.8, 4) is 5.69 Å². The van der Waals surface area contributed by atoms with Crippen molar-refractivity contribution in [1.29, 1.82) is 0 Å². The predicted octanol–water partition coefficient (Wildman–Crippen LogP) is 2.79. The summed E-state index contributed by atoms with van der Waals surface area (Å²) < 4.78 is 1.73. The minimum absolute atomic E-state index is 0.486. The van der Waals surface area contributed by atoms with Crippen LogP contribution >= 0.6 is 11.8 Å². The first-order valence-electron chi connectivity index (χ1n) is 7.70. The Hall–Kier alpha value is -3.00. The molecule has 0 spiro atoms. The Bertz CT molecular complexity index is 1040. The van der Waals surface area contributed by atoms with E-state index in [0.717, 1.165) is 22.2 Å². The molecule has 7 nitrogen and oxygen atoms in total. The first kappa shape index (κ1) is 15.5. The zero-order valence-electron chi connectivity index (χ0n) is 13.5. The van der Waals surface area contributed by atoms with Crippen LogP contribution in [0.15, 0.2) is 53.7 Å². The van der Waals surface area contributed by atoms with Gasteiger partial charge in [-0.15, -0.1) is 5.10 Å². The maximum Gasteiger partial charge on any atom is 0.214 e. The second-order valence-corrected chi connectivity index (χ2v) is 6.43. The van der Waals surface area contributed by atoms with Gasteiger partial charge in [-0.2, -0.15) is 4.68 Å². The van der Waals surface area contributed by atoms with Crippen LogP contribution in [0.1, 0.15) is 11.4 Å². The molecule has 2 aromatic heterocycles. The number of thioether (sulfide) groups is 1. The number of nitrogen functional groups attached to an aromatic ring is 1. The largest absolute Gasteiger partial charge is 0.383 e. The topological polar surface area (TPSA) is 95.4 Å². The molecule has 2 N–H and O–H groups in total. The molecule has 0 aliphatic rings. The maximum atomic E-state index is 6.04. The van der Waals surface area contributed by atoms with E-state index >= 15 is 0 Å². The summed E-state index contributed by atoms with van der Waals surface area (Å²) in [4.78, 5) is 8.95. The van der Waals surface area contributed by atoms with Gasteiger partial charge in [-0.05, 0) is 41.1 Å². The van der Waals surface area contributed by atoms with Crippen LogP contribution in [0, 0.1) is 6.92 Å². The number of nitrogens with two attached hydrogens (primary N) is 1. The lowest BCUT2D eigenvalue weighted by atomic mass is 10.2. The first-order valence-corrected chi connectivity index (χ1v) is 8.69. The number of rotatable bonds is 4. The number of aromatic nitrogens is 6. The Labute approximate surface area is 148 Å². The summed E-state index contributed by atoms with van der Waals surface area (Å²) in [7, 11) is 0. The van der Waals surface area contributed by atoms with E-state index in [4.69, 9.17) is 5.73 Å². The van der Waals surface area contributed by atoms with Crippen LogP contribution < -0.4 is 5.73 Å². The highest BCUT2D eigenvalue weighted by atomic mass is 32.2. The molecular formula is C17H15N7S. The van der Waals surface area contributed by atoms with E-state index in [1.165, 1.54) is 11.8 Å². The zero-order chi connectivity index (χ0) is 17.2. The van der Waals surface area contributed by atoms with Crippen molar-refractivity contribution >= 4 is 28.5 Å². The van der Waals surface area contributed by atoms with E-state index < -0.39 is 0 Å². The van der Waals surface area contributed by atoms with Gasteiger partial charge in [0.15, 0.2) is 0 Å². The third-order valence-corrected chi connectivity index (χ3v) is 4.71. The number of para-hydroxylation sites is 2. The summed E-state index contributed by atoms with van der Waals surface area (Å²) in [5, 5.41) is 13.6. The number of anilines is 1. The Balaban J connectivity index is 1.61. The maximum absolute atomic E-state index is 6.04. The van der Waals surface area contributed by atoms with Crippen LogP contribution in [0.4, 0.5) is 5.82 Å². The summed E-state index contributed by atoms with van der Waals surface area (Å²) in [6.45, 7) is 2.03. The highest BCUT2D eigenvalue weighted by Gasteiger charge is 2.12. The van der Waals surface area contributed by atoms with E-state index in [9.17, 15) is 0 Å². The van der Waals surface area contributed by atoms with Gasteiger partial charge in [0.05, 0.1) is 17.0 Å². The van der Waals surface area contributed by atoms with E-state index in [-0.39, 0.29) is 0 Å². The quantitative estimate of drug-likeness (QED) is 0.566. The Morgan fingerprint density at radius 1 is 1.04 bits per heavy atom. The summed E-state index contributed by atoms with van der Waals surface area (Å²) in [5.41, 5.74) is 8.93. The minimum atomic E-state index is 0.486. The van der Waals surface area contributed by atoms with Crippen LogP contribution in [-0.4, -0.2) is 30.2 Å². The van der Waals surface area contributed by atoms with Crippen LogP contribution in [0.2, 0.25) is 0 Å². The first-order chi connectivity index (χ1) is 12.2. The lowest BCUT2D eigenvalue weighted by Gasteiger charge is -2.07. The van der Waals surface area contributed by atoms with Crippen molar-refractivity contribution in [1.82, 2.24) is 30.2 Å². The number of fused-ring (bicyclic) bond motifs is 1. The predicted molar refractivity (Wildman–Crippen MR) is 97.4 cm³/mol. The molecule has 0 aliphatic heterocycles. The summed E-state index contributed by atoms with van der Waals surface area (Å²) in [6, 6.07) is 15.7. The van der Waals surface area contributed by atoms with E-state index in [2.05, 4.69) is 25.5 Å². The highest BCUT2D eigenvalue weighted by molar-refractivity contribution is 7.98. The van der Waals surface area contributed by atoms with Gasteiger partial charge in [0.2, 0.25) is 5.16 Å². The molecule has 8 heteroatoms. The molecule has 2 aromatic carbocycles. The molecule has 0 aliphatic carbocycles. The zero-order valence-corrected chi connectivity index (χ0v) is 14.3. The molecule has 0 unspecified atom stereocenters. The fourth-order valence-electron chi connectivity index (χ4n) is 2.57. The molecular weight excluding hydrogens is 334 g/mol. The second kappa shape index (κ2) is 6.48. The average Bonchev–Trinajstić information content (AvgIpc) is 3.09. The van der Waals surface area contributed by atoms with Crippen LogP contribution in [0.5, 0.6) is 0 Å². The minimum Gasteiger partial charge on any atom is -0.383 e. The molecule has 0 bridgehead atoms. The van der Waals surface area contributed by atoms with Gasteiger partial charge in [-0.3, -0.25) is 0 Å². The van der Waals surface area contributed by atoms with Crippen LogP contribution in [-0.2, 0) is 5.75 Å². The second-order valence-electron chi connectivity index (χ2n) is 5.49. The van der Waals surface area contributed by atoms with Crippen molar-refractivity contribution in [3.05, 3.63) is 59.9 Å². The van der Waals surface area contributed by atoms with Crippen molar-refractivity contribution in [2.24, 2.45) is 0 Å². The van der Waals surface area contributed by atoms with Crippen LogP contribution in [0.3, 0.4) is 0 Å². The number of aryl methyl sites for hydroxylation is 1. The van der Waals surface area contributed by atoms with E-state index in [0.29, 0.717) is 22.6 Å². The summed E-state index contributed by atoms with van der Waals surface area (Å²) in [6.07, 6.45) is 0. The van der Waals surface area contributed by atoms with E-state index in [1.54, 1.807) is 4.68 Å². The molecule has 2 heterocycles.